The van der Waals surface area contributed by atoms with Crippen LogP contribution in [-0.4, -0.2) is 0 Å². The molecule has 0 aliphatic carbocycles. The maximum Gasteiger partial charge on any atom is 0.0677 e. The maximum absolute atomic E-state index is 5.96. The van der Waals surface area contributed by atoms with E-state index in [0.717, 1.165) is 9.90 Å². The summed E-state index contributed by atoms with van der Waals surface area (Å²) in [5.74, 6) is 11.2. The summed E-state index contributed by atoms with van der Waals surface area (Å²) in [6.07, 6.45) is 0.688. The Morgan fingerprint density at radius 3 is 3.00 bits per heavy atom. The van der Waals surface area contributed by atoms with Gasteiger partial charge < -0.3 is 0 Å². The van der Waals surface area contributed by atoms with Crippen LogP contribution in [0.5, 0.6) is 0 Å². The SMILES string of the molecule is CC#CCC(NN)c1sccc1Cl. The third kappa shape index (κ3) is 2.71. The molecule has 0 aliphatic heterocycles. The Labute approximate surface area is 87.1 Å². The molecule has 13 heavy (non-hydrogen) atoms. The van der Waals surface area contributed by atoms with E-state index in [1.807, 2.05) is 18.4 Å². The second-order valence-corrected chi connectivity index (χ2v) is 3.84. The second-order valence-electron chi connectivity index (χ2n) is 2.48. The van der Waals surface area contributed by atoms with Crippen LogP contribution >= 0.6 is 22.9 Å². The summed E-state index contributed by atoms with van der Waals surface area (Å²) in [6, 6.07) is 1.91. The van der Waals surface area contributed by atoms with Crippen LogP contribution in [-0.2, 0) is 0 Å². The fourth-order valence-corrected chi connectivity index (χ4v) is 2.24. The number of hydrazine groups is 1. The summed E-state index contributed by atoms with van der Waals surface area (Å²) in [7, 11) is 0. The summed E-state index contributed by atoms with van der Waals surface area (Å²) in [6.45, 7) is 1.81. The fourth-order valence-electron chi connectivity index (χ4n) is 0.986. The number of nitrogens with two attached hydrogens (primary N) is 1. The van der Waals surface area contributed by atoms with Gasteiger partial charge in [-0.3, -0.25) is 11.3 Å². The van der Waals surface area contributed by atoms with Crippen LogP contribution in [0.1, 0.15) is 24.3 Å². The molecular weight excluding hydrogens is 204 g/mol. The highest BCUT2D eigenvalue weighted by molar-refractivity contribution is 7.10. The highest BCUT2D eigenvalue weighted by Crippen LogP contribution is 2.29. The van der Waals surface area contributed by atoms with Gasteiger partial charge in [0, 0.05) is 11.3 Å². The average Bonchev–Trinajstić information content (AvgIpc) is 2.54. The number of rotatable bonds is 3. The van der Waals surface area contributed by atoms with Crippen LogP contribution in [0.2, 0.25) is 5.02 Å². The lowest BCUT2D eigenvalue weighted by Crippen LogP contribution is -2.27. The van der Waals surface area contributed by atoms with Gasteiger partial charge in [-0.1, -0.05) is 11.6 Å². The molecule has 2 nitrogen and oxygen atoms in total. The van der Waals surface area contributed by atoms with Gasteiger partial charge in [0.1, 0.15) is 0 Å². The minimum absolute atomic E-state index is 0.0416. The van der Waals surface area contributed by atoms with Crippen LogP contribution in [0.4, 0.5) is 0 Å². The molecule has 0 fully saturated rings. The lowest BCUT2D eigenvalue weighted by Gasteiger charge is -2.10. The second kappa shape index (κ2) is 5.25. The lowest BCUT2D eigenvalue weighted by atomic mass is 10.2. The van der Waals surface area contributed by atoms with Crippen LogP contribution < -0.4 is 11.3 Å². The first-order valence-corrected chi connectivity index (χ1v) is 5.14. The van der Waals surface area contributed by atoms with E-state index in [1.165, 1.54) is 0 Å². The van der Waals surface area contributed by atoms with Crippen molar-refractivity contribution in [1.29, 1.82) is 0 Å². The van der Waals surface area contributed by atoms with Crippen LogP contribution in [0.25, 0.3) is 0 Å². The summed E-state index contributed by atoms with van der Waals surface area (Å²) in [5, 5.41) is 2.70. The summed E-state index contributed by atoms with van der Waals surface area (Å²) < 4.78 is 0. The van der Waals surface area contributed by atoms with E-state index in [0.29, 0.717) is 6.42 Å². The van der Waals surface area contributed by atoms with Gasteiger partial charge in [0.05, 0.1) is 11.1 Å². The standard InChI is InChI=1S/C9H11ClN2S/c1-2-3-4-8(12-11)9-7(10)5-6-13-9/h5-6,8,12H,4,11H2,1H3. The third-order valence-corrected chi connectivity index (χ3v) is 3.12. The number of halogens is 1. The monoisotopic (exact) mass is 214 g/mol. The molecule has 1 unspecified atom stereocenters. The van der Waals surface area contributed by atoms with Gasteiger partial charge in [-0.2, -0.15) is 0 Å². The van der Waals surface area contributed by atoms with Crippen molar-refractivity contribution in [2.45, 2.75) is 19.4 Å². The van der Waals surface area contributed by atoms with Crippen LogP contribution in [0.15, 0.2) is 11.4 Å². The Morgan fingerprint density at radius 2 is 2.54 bits per heavy atom. The first-order chi connectivity index (χ1) is 6.29. The maximum atomic E-state index is 5.96. The highest BCUT2D eigenvalue weighted by atomic mass is 35.5. The number of thiophene rings is 1. The van der Waals surface area contributed by atoms with Crippen molar-refractivity contribution in [2.75, 3.05) is 0 Å². The zero-order valence-corrected chi connectivity index (χ0v) is 8.88. The number of hydrogen-bond acceptors (Lipinski definition) is 3. The minimum atomic E-state index is 0.0416. The smallest absolute Gasteiger partial charge is 0.0677 e. The van der Waals surface area contributed by atoms with Crippen molar-refractivity contribution in [3.8, 4) is 11.8 Å². The quantitative estimate of drug-likeness (QED) is 0.461. The van der Waals surface area contributed by atoms with Gasteiger partial charge in [-0.15, -0.1) is 23.2 Å². The van der Waals surface area contributed by atoms with E-state index in [1.54, 1.807) is 11.3 Å². The van der Waals surface area contributed by atoms with E-state index in [9.17, 15) is 0 Å². The fraction of sp³-hybridized carbons (Fsp3) is 0.333. The third-order valence-electron chi connectivity index (χ3n) is 1.65. The largest absolute Gasteiger partial charge is 0.271 e. The van der Waals surface area contributed by atoms with Crippen molar-refractivity contribution in [3.63, 3.8) is 0 Å². The molecule has 0 saturated carbocycles. The Bertz CT molecular complexity index is 324. The lowest BCUT2D eigenvalue weighted by molar-refractivity contribution is 0.577. The van der Waals surface area contributed by atoms with Crippen LogP contribution in [0, 0.1) is 11.8 Å². The molecule has 0 spiro atoms. The van der Waals surface area contributed by atoms with E-state index in [-0.39, 0.29) is 6.04 Å². The van der Waals surface area contributed by atoms with Gasteiger partial charge in [0.2, 0.25) is 0 Å². The van der Waals surface area contributed by atoms with E-state index >= 15 is 0 Å². The number of hydrogen-bond donors (Lipinski definition) is 2. The molecule has 0 aliphatic rings. The molecule has 0 aromatic carbocycles. The van der Waals surface area contributed by atoms with Crippen molar-refractivity contribution >= 4 is 22.9 Å². The van der Waals surface area contributed by atoms with Crippen molar-refractivity contribution in [2.24, 2.45) is 5.84 Å². The van der Waals surface area contributed by atoms with Gasteiger partial charge in [0.15, 0.2) is 0 Å². The van der Waals surface area contributed by atoms with Gasteiger partial charge in [-0.25, -0.2) is 0 Å². The first-order valence-electron chi connectivity index (χ1n) is 3.88. The summed E-state index contributed by atoms with van der Waals surface area (Å²) >= 11 is 7.55. The van der Waals surface area contributed by atoms with Gasteiger partial charge >= 0.3 is 0 Å². The number of nitrogens with one attached hydrogen (secondary N) is 1. The first kappa shape index (κ1) is 10.6. The molecule has 4 heteroatoms. The van der Waals surface area contributed by atoms with Crippen molar-refractivity contribution < 1.29 is 0 Å². The molecule has 0 bridgehead atoms. The molecular formula is C9H11ClN2S. The Morgan fingerprint density at radius 1 is 1.77 bits per heavy atom. The van der Waals surface area contributed by atoms with E-state index < -0.39 is 0 Å². The van der Waals surface area contributed by atoms with Crippen molar-refractivity contribution in [1.82, 2.24) is 5.43 Å². The molecule has 1 aromatic rings. The molecule has 1 heterocycles. The summed E-state index contributed by atoms with van der Waals surface area (Å²) in [4.78, 5) is 1.05. The Kier molecular flexibility index (Phi) is 4.26. The van der Waals surface area contributed by atoms with Crippen LogP contribution in [0.3, 0.4) is 0 Å². The molecule has 1 atom stereocenters. The highest BCUT2D eigenvalue weighted by Gasteiger charge is 2.12. The Hall–Kier alpha value is -0.530. The molecule has 1 aromatic heterocycles. The molecule has 3 N–H and O–H groups in total. The molecule has 0 radical (unpaired) electrons. The average molecular weight is 215 g/mol. The topological polar surface area (TPSA) is 38.0 Å². The predicted molar refractivity (Wildman–Crippen MR) is 57.5 cm³/mol. The summed E-state index contributed by atoms with van der Waals surface area (Å²) in [5.41, 5.74) is 2.70. The zero-order chi connectivity index (χ0) is 9.68. The molecule has 0 saturated heterocycles. The minimum Gasteiger partial charge on any atom is -0.271 e. The normalized spacial score (nSPS) is 11.9. The van der Waals surface area contributed by atoms with E-state index in [4.69, 9.17) is 17.4 Å². The Balaban J connectivity index is 2.76. The molecule has 70 valence electrons. The van der Waals surface area contributed by atoms with Gasteiger partial charge in [0.25, 0.3) is 0 Å². The predicted octanol–water partition coefficient (Wildman–Crippen LogP) is 2.32. The zero-order valence-electron chi connectivity index (χ0n) is 7.30. The van der Waals surface area contributed by atoms with Crippen molar-refractivity contribution in [3.05, 3.63) is 21.3 Å². The molecule has 0 amide bonds. The van der Waals surface area contributed by atoms with Gasteiger partial charge in [-0.05, 0) is 18.4 Å². The molecule has 1 rings (SSSR count). The van der Waals surface area contributed by atoms with E-state index in [2.05, 4.69) is 17.3 Å².